The highest BCUT2D eigenvalue weighted by molar-refractivity contribution is 9.10. The van der Waals surface area contributed by atoms with Gasteiger partial charge in [-0.15, -0.1) is 0 Å². The summed E-state index contributed by atoms with van der Waals surface area (Å²) in [5.74, 6) is 0.852. The van der Waals surface area contributed by atoms with E-state index >= 15 is 0 Å². The number of hydrogen-bond donors (Lipinski definition) is 1. The van der Waals surface area contributed by atoms with Crippen LogP contribution in [-0.2, 0) is 0 Å². The quantitative estimate of drug-likeness (QED) is 0.932. The third kappa shape index (κ3) is 3.27. The van der Waals surface area contributed by atoms with E-state index in [2.05, 4.69) is 38.8 Å². The van der Waals surface area contributed by atoms with Crippen molar-refractivity contribution >= 4 is 15.9 Å². The maximum absolute atomic E-state index is 5.94. The largest absolute Gasteiger partial charge is 0.329 e. The summed E-state index contributed by atoms with van der Waals surface area (Å²) < 4.78 is 1.03. The van der Waals surface area contributed by atoms with E-state index in [1.807, 2.05) is 12.4 Å². The van der Waals surface area contributed by atoms with E-state index in [0.717, 1.165) is 23.5 Å². The monoisotopic (exact) mass is 297 g/mol. The second-order valence-electron chi connectivity index (χ2n) is 4.91. The van der Waals surface area contributed by atoms with Crippen LogP contribution < -0.4 is 5.73 Å². The Hall–Kier alpha value is -0.450. The van der Waals surface area contributed by atoms with Gasteiger partial charge in [0.2, 0.25) is 0 Å². The van der Waals surface area contributed by atoms with Gasteiger partial charge in [-0.05, 0) is 59.4 Å². The number of pyridine rings is 1. The molecule has 1 saturated heterocycles. The van der Waals surface area contributed by atoms with Gasteiger partial charge in [-0.3, -0.25) is 9.88 Å². The molecule has 0 radical (unpaired) electrons. The van der Waals surface area contributed by atoms with Gasteiger partial charge in [0, 0.05) is 29.5 Å². The Bertz CT molecular complexity index is 361. The van der Waals surface area contributed by atoms with Crippen LogP contribution in [0.4, 0.5) is 0 Å². The fraction of sp³-hybridized carbons (Fsp3) is 0.615. The first-order valence-electron chi connectivity index (χ1n) is 6.25. The van der Waals surface area contributed by atoms with Crippen LogP contribution in [0.3, 0.4) is 0 Å². The van der Waals surface area contributed by atoms with E-state index in [1.165, 1.54) is 18.4 Å². The molecule has 0 aromatic carbocycles. The first-order chi connectivity index (χ1) is 8.20. The molecule has 1 fully saturated rings. The Morgan fingerprint density at radius 3 is 2.76 bits per heavy atom. The lowest BCUT2D eigenvalue weighted by molar-refractivity contribution is 0.141. The molecule has 1 aromatic heterocycles. The summed E-state index contributed by atoms with van der Waals surface area (Å²) in [6.45, 7) is 5.28. The molecule has 1 aliphatic heterocycles. The maximum atomic E-state index is 5.94. The average molecular weight is 298 g/mol. The fourth-order valence-electron chi connectivity index (χ4n) is 2.45. The maximum Gasteiger partial charge on any atom is 0.0486 e. The van der Waals surface area contributed by atoms with E-state index in [1.54, 1.807) is 0 Å². The van der Waals surface area contributed by atoms with Crippen molar-refractivity contribution in [2.45, 2.75) is 25.8 Å². The topological polar surface area (TPSA) is 42.1 Å². The second-order valence-corrected chi connectivity index (χ2v) is 5.82. The van der Waals surface area contributed by atoms with Crippen molar-refractivity contribution in [3.63, 3.8) is 0 Å². The summed E-state index contributed by atoms with van der Waals surface area (Å²) in [6.07, 6.45) is 6.30. The molecular weight excluding hydrogens is 278 g/mol. The van der Waals surface area contributed by atoms with Gasteiger partial charge >= 0.3 is 0 Å². The Kier molecular flexibility index (Phi) is 4.54. The zero-order valence-electron chi connectivity index (χ0n) is 10.3. The van der Waals surface area contributed by atoms with E-state index < -0.39 is 0 Å². The molecule has 0 spiro atoms. The minimum Gasteiger partial charge on any atom is -0.329 e. The lowest BCUT2D eigenvalue weighted by Gasteiger charge is -2.36. The first-order valence-corrected chi connectivity index (χ1v) is 7.04. The van der Waals surface area contributed by atoms with Crippen LogP contribution in [0.1, 0.15) is 31.4 Å². The van der Waals surface area contributed by atoms with Crippen molar-refractivity contribution in [3.05, 3.63) is 28.5 Å². The van der Waals surface area contributed by atoms with Crippen LogP contribution in [0.25, 0.3) is 0 Å². The average Bonchev–Trinajstić information content (AvgIpc) is 2.33. The number of rotatable bonds is 3. The molecule has 1 unspecified atom stereocenters. The Morgan fingerprint density at radius 2 is 2.18 bits per heavy atom. The second kappa shape index (κ2) is 5.94. The SMILES string of the molecule is CC1CCN(C(CN)c2cncc(Br)c2)CC1. The molecule has 1 aromatic rings. The molecule has 0 bridgehead atoms. The highest BCUT2D eigenvalue weighted by Crippen LogP contribution is 2.26. The van der Waals surface area contributed by atoms with Crippen molar-refractivity contribution in [2.24, 2.45) is 11.7 Å². The van der Waals surface area contributed by atoms with Crippen LogP contribution in [0.15, 0.2) is 22.9 Å². The molecular formula is C13H20BrN3. The van der Waals surface area contributed by atoms with Crippen LogP contribution in [0.5, 0.6) is 0 Å². The number of nitrogens with zero attached hydrogens (tertiary/aromatic N) is 2. The van der Waals surface area contributed by atoms with Crippen LogP contribution in [0.2, 0.25) is 0 Å². The van der Waals surface area contributed by atoms with Gasteiger partial charge in [-0.25, -0.2) is 0 Å². The van der Waals surface area contributed by atoms with Gasteiger partial charge in [-0.2, -0.15) is 0 Å². The van der Waals surface area contributed by atoms with Crippen molar-refractivity contribution in [1.29, 1.82) is 0 Å². The number of nitrogens with two attached hydrogens (primary N) is 1. The number of halogens is 1. The summed E-state index contributed by atoms with van der Waals surface area (Å²) in [6, 6.07) is 2.44. The Labute approximate surface area is 112 Å². The molecule has 1 aliphatic rings. The number of aromatic nitrogens is 1. The summed E-state index contributed by atoms with van der Waals surface area (Å²) >= 11 is 3.47. The molecule has 2 N–H and O–H groups in total. The van der Waals surface area contributed by atoms with Gasteiger partial charge in [0.15, 0.2) is 0 Å². The number of hydrogen-bond acceptors (Lipinski definition) is 3. The minimum atomic E-state index is 0.312. The van der Waals surface area contributed by atoms with Gasteiger partial charge in [-0.1, -0.05) is 6.92 Å². The standard InChI is InChI=1S/C13H20BrN3/c1-10-2-4-17(5-3-10)13(7-15)11-6-12(14)9-16-8-11/h6,8-10,13H,2-5,7,15H2,1H3. The predicted octanol–water partition coefficient (Wildman–Crippen LogP) is 2.58. The molecule has 2 heterocycles. The Morgan fingerprint density at radius 1 is 1.47 bits per heavy atom. The molecule has 0 saturated carbocycles. The number of likely N-dealkylation sites (tertiary alicyclic amines) is 1. The van der Waals surface area contributed by atoms with Crippen LogP contribution in [-0.4, -0.2) is 29.5 Å². The molecule has 2 rings (SSSR count). The van der Waals surface area contributed by atoms with Gasteiger partial charge in [0.25, 0.3) is 0 Å². The van der Waals surface area contributed by atoms with Gasteiger partial charge in [0.1, 0.15) is 0 Å². The van der Waals surface area contributed by atoms with Crippen molar-refractivity contribution in [2.75, 3.05) is 19.6 Å². The van der Waals surface area contributed by atoms with Gasteiger partial charge < -0.3 is 5.73 Å². The first kappa shape index (κ1) is 13.0. The zero-order valence-corrected chi connectivity index (χ0v) is 11.9. The number of piperidine rings is 1. The molecule has 17 heavy (non-hydrogen) atoms. The third-order valence-electron chi connectivity index (χ3n) is 3.59. The minimum absolute atomic E-state index is 0.312. The van der Waals surface area contributed by atoms with E-state index in [4.69, 9.17) is 5.73 Å². The van der Waals surface area contributed by atoms with Crippen LogP contribution in [0, 0.1) is 5.92 Å². The molecule has 0 amide bonds. The van der Waals surface area contributed by atoms with E-state index in [9.17, 15) is 0 Å². The molecule has 1 atom stereocenters. The summed E-state index contributed by atoms with van der Waals surface area (Å²) in [4.78, 5) is 6.72. The molecule has 4 heteroatoms. The third-order valence-corrected chi connectivity index (χ3v) is 4.03. The van der Waals surface area contributed by atoms with Gasteiger partial charge in [0.05, 0.1) is 0 Å². The van der Waals surface area contributed by atoms with E-state index in [-0.39, 0.29) is 0 Å². The molecule has 0 aliphatic carbocycles. The van der Waals surface area contributed by atoms with Crippen molar-refractivity contribution < 1.29 is 0 Å². The summed E-state index contributed by atoms with van der Waals surface area (Å²) in [5.41, 5.74) is 7.15. The van der Waals surface area contributed by atoms with Crippen molar-refractivity contribution in [1.82, 2.24) is 9.88 Å². The Balaban J connectivity index is 2.10. The van der Waals surface area contributed by atoms with Crippen molar-refractivity contribution in [3.8, 4) is 0 Å². The highest BCUT2D eigenvalue weighted by Gasteiger charge is 2.23. The zero-order chi connectivity index (χ0) is 12.3. The highest BCUT2D eigenvalue weighted by atomic mass is 79.9. The molecule has 94 valence electrons. The summed E-state index contributed by atoms with van der Waals surface area (Å²) in [7, 11) is 0. The normalized spacial score (nSPS) is 20.4. The smallest absolute Gasteiger partial charge is 0.0486 e. The fourth-order valence-corrected chi connectivity index (χ4v) is 2.83. The molecule has 3 nitrogen and oxygen atoms in total. The lowest BCUT2D eigenvalue weighted by atomic mass is 9.96. The van der Waals surface area contributed by atoms with E-state index in [0.29, 0.717) is 12.6 Å². The summed E-state index contributed by atoms with van der Waals surface area (Å²) in [5, 5.41) is 0. The lowest BCUT2D eigenvalue weighted by Crippen LogP contribution is -2.39. The van der Waals surface area contributed by atoms with Crippen LogP contribution >= 0.6 is 15.9 Å². The predicted molar refractivity (Wildman–Crippen MR) is 73.7 cm³/mol.